The van der Waals surface area contributed by atoms with E-state index in [1.807, 2.05) is 6.08 Å². The van der Waals surface area contributed by atoms with Crippen molar-refractivity contribution >= 4 is 5.97 Å². The molecule has 0 unspecified atom stereocenters. The van der Waals surface area contributed by atoms with Gasteiger partial charge in [0.2, 0.25) is 0 Å². The molecule has 0 aromatic rings. The van der Waals surface area contributed by atoms with Crippen molar-refractivity contribution in [2.75, 3.05) is 13.2 Å². The highest BCUT2D eigenvalue weighted by Crippen LogP contribution is 2.61. The average Bonchev–Trinajstić information content (AvgIpc) is 3.05. The fourth-order valence-corrected chi connectivity index (χ4v) is 4.18. The van der Waals surface area contributed by atoms with Crippen LogP contribution in [-0.2, 0) is 19.0 Å². The number of rotatable bonds is 1. The van der Waals surface area contributed by atoms with Crippen molar-refractivity contribution in [2.24, 2.45) is 23.7 Å². The smallest absolute Gasteiger partial charge is 0.303 e. The van der Waals surface area contributed by atoms with Crippen molar-refractivity contribution in [1.82, 2.24) is 0 Å². The van der Waals surface area contributed by atoms with Gasteiger partial charge in [0.05, 0.1) is 13.2 Å². The van der Waals surface area contributed by atoms with Gasteiger partial charge in [-0.15, -0.1) is 0 Å². The van der Waals surface area contributed by atoms with Crippen molar-refractivity contribution in [3.63, 3.8) is 0 Å². The first-order valence-electron chi connectivity index (χ1n) is 6.54. The minimum Gasteiger partial charge on any atom is -0.458 e. The second-order valence-corrected chi connectivity index (χ2v) is 5.47. The van der Waals surface area contributed by atoms with Gasteiger partial charge in [-0.3, -0.25) is 4.79 Å². The van der Waals surface area contributed by atoms with E-state index in [1.54, 1.807) is 0 Å². The predicted molar refractivity (Wildman–Crippen MR) is 62.4 cm³/mol. The van der Waals surface area contributed by atoms with Crippen molar-refractivity contribution < 1.29 is 19.0 Å². The van der Waals surface area contributed by atoms with E-state index in [4.69, 9.17) is 14.2 Å². The van der Waals surface area contributed by atoms with Gasteiger partial charge < -0.3 is 14.2 Å². The second-order valence-electron chi connectivity index (χ2n) is 5.47. The summed E-state index contributed by atoms with van der Waals surface area (Å²) in [4.78, 5) is 11.2. The van der Waals surface area contributed by atoms with Crippen LogP contribution in [-0.4, -0.2) is 31.1 Å². The number of fused-ring (bicyclic) bond motifs is 3. The third-order valence-corrected chi connectivity index (χ3v) is 4.67. The molecule has 1 aliphatic heterocycles. The highest BCUT2D eigenvalue weighted by molar-refractivity contribution is 5.66. The maximum atomic E-state index is 11.2. The van der Waals surface area contributed by atoms with Gasteiger partial charge >= 0.3 is 5.97 Å². The van der Waals surface area contributed by atoms with Crippen LogP contribution >= 0.6 is 0 Å². The zero-order chi connectivity index (χ0) is 12.3. The molecule has 96 valence electrons. The number of hydrogen-bond acceptors (Lipinski definition) is 4. The molecule has 0 N–H and O–H groups in total. The summed E-state index contributed by atoms with van der Waals surface area (Å²) in [6, 6.07) is 0. The van der Waals surface area contributed by atoms with E-state index < -0.39 is 5.79 Å². The Kier molecular flexibility index (Phi) is 2.07. The zero-order valence-electron chi connectivity index (χ0n) is 10.2. The number of esters is 1. The Balaban J connectivity index is 1.67. The Morgan fingerprint density at radius 3 is 2.61 bits per heavy atom. The van der Waals surface area contributed by atoms with Crippen LogP contribution in [0.2, 0.25) is 0 Å². The van der Waals surface area contributed by atoms with Gasteiger partial charge in [-0.05, 0) is 12.0 Å². The zero-order valence-corrected chi connectivity index (χ0v) is 10.2. The molecule has 3 aliphatic carbocycles. The van der Waals surface area contributed by atoms with E-state index in [1.165, 1.54) is 6.92 Å². The number of hydrogen-bond donors (Lipinski definition) is 0. The molecule has 1 saturated carbocycles. The summed E-state index contributed by atoms with van der Waals surface area (Å²) < 4.78 is 17.2. The fraction of sp³-hybridized carbons (Fsp3) is 0.643. The molecular formula is C14H16O4. The third-order valence-electron chi connectivity index (χ3n) is 4.67. The summed E-state index contributed by atoms with van der Waals surface area (Å²) in [5.74, 6) is 0.434. The van der Waals surface area contributed by atoms with E-state index in [0.29, 0.717) is 19.1 Å². The normalized spacial score (nSPS) is 45.9. The van der Waals surface area contributed by atoms with Gasteiger partial charge in [-0.1, -0.05) is 18.2 Å². The largest absolute Gasteiger partial charge is 0.458 e. The van der Waals surface area contributed by atoms with Gasteiger partial charge in [0.1, 0.15) is 6.10 Å². The SMILES string of the molecule is CC(=O)O[C@@H]1C=C[C@H]2[C@H]1[C@H]1C=C[C@H]2C12OCCO2. The molecule has 4 rings (SSSR count). The van der Waals surface area contributed by atoms with Crippen LogP contribution in [0.3, 0.4) is 0 Å². The van der Waals surface area contributed by atoms with Gasteiger partial charge in [-0.25, -0.2) is 0 Å². The first-order valence-corrected chi connectivity index (χ1v) is 6.54. The van der Waals surface area contributed by atoms with Gasteiger partial charge in [0, 0.05) is 24.7 Å². The Hall–Kier alpha value is -1.13. The molecule has 2 bridgehead atoms. The summed E-state index contributed by atoms with van der Waals surface area (Å²) in [6.07, 6.45) is 8.44. The highest BCUT2D eigenvalue weighted by atomic mass is 16.7. The lowest BCUT2D eigenvalue weighted by molar-refractivity contribution is -0.190. The summed E-state index contributed by atoms with van der Waals surface area (Å²) >= 11 is 0. The molecule has 2 fully saturated rings. The molecule has 1 saturated heterocycles. The topological polar surface area (TPSA) is 44.8 Å². The number of allylic oxidation sites excluding steroid dienone is 1. The lowest BCUT2D eigenvalue weighted by atomic mass is 9.84. The maximum absolute atomic E-state index is 11.2. The number of ether oxygens (including phenoxy) is 3. The molecule has 4 heteroatoms. The first-order chi connectivity index (χ1) is 8.72. The van der Waals surface area contributed by atoms with Crippen LogP contribution in [0.15, 0.2) is 24.3 Å². The van der Waals surface area contributed by atoms with Crippen molar-refractivity contribution in [3.05, 3.63) is 24.3 Å². The summed E-state index contributed by atoms with van der Waals surface area (Å²) in [5, 5.41) is 0. The highest BCUT2D eigenvalue weighted by Gasteiger charge is 2.67. The molecule has 4 aliphatic rings. The molecule has 4 nitrogen and oxygen atoms in total. The Labute approximate surface area is 106 Å². The quantitative estimate of drug-likeness (QED) is 0.518. The molecule has 0 aromatic heterocycles. The van der Waals surface area contributed by atoms with Crippen LogP contribution in [0.25, 0.3) is 0 Å². The maximum Gasteiger partial charge on any atom is 0.303 e. The van der Waals surface area contributed by atoms with E-state index in [0.717, 1.165) is 0 Å². The average molecular weight is 248 g/mol. The first kappa shape index (κ1) is 10.8. The lowest BCUT2D eigenvalue weighted by Gasteiger charge is -2.30. The van der Waals surface area contributed by atoms with E-state index >= 15 is 0 Å². The third kappa shape index (κ3) is 1.15. The molecular weight excluding hydrogens is 232 g/mol. The summed E-state index contributed by atoms with van der Waals surface area (Å²) in [6.45, 7) is 2.79. The molecule has 1 spiro atoms. The molecule has 18 heavy (non-hydrogen) atoms. The van der Waals surface area contributed by atoms with Gasteiger partial charge in [-0.2, -0.15) is 0 Å². The molecule has 5 atom stereocenters. The van der Waals surface area contributed by atoms with Crippen LogP contribution in [0.4, 0.5) is 0 Å². The summed E-state index contributed by atoms with van der Waals surface area (Å²) in [7, 11) is 0. The van der Waals surface area contributed by atoms with E-state index in [2.05, 4.69) is 18.2 Å². The van der Waals surface area contributed by atoms with Crippen LogP contribution < -0.4 is 0 Å². The minimum atomic E-state index is -0.474. The Morgan fingerprint density at radius 2 is 1.89 bits per heavy atom. The van der Waals surface area contributed by atoms with Gasteiger partial charge in [0.15, 0.2) is 5.79 Å². The Morgan fingerprint density at radius 1 is 1.17 bits per heavy atom. The fourth-order valence-electron chi connectivity index (χ4n) is 4.18. The van der Waals surface area contributed by atoms with Crippen LogP contribution in [0.5, 0.6) is 0 Å². The lowest BCUT2D eigenvalue weighted by Crippen LogP contribution is -2.39. The van der Waals surface area contributed by atoms with Crippen LogP contribution in [0.1, 0.15) is 6.92 Å². The number of carbonyl (C=O) groups excluding carboxylic acids is 1. The molecule has 0 radical (unpaired) electrons. The van der Waals surface area contributed by atoms with Crippen LogP contribution in [0, 0.1) is 23.7 Å². The molecule has 1 heterocycles. The number of carbonyl (C=O) groups is 1. The van der Waals surface area contributed by atoms with Crippen molar-refractivity contribution in [2.45, 2.75) is 18.8 Å². The summed E-state index contributed by atoms with van der Waals surface area (Å²) in [5.41, 5.74) is 0. The van der Waals surface area contributed by atoms with Gasteiger partial charge in [0.25, 0.3) is 0 Å². The van der Waals surface area contributed by atoms with E-state index in [-0.39, 0.29) is 29.8 Å². The minimum absolute atomic E-state index is 0.128. The molecule has 0 aromatic carbocycles. The second kappa shape index (κ2) is 3.45. The molecule has 0 amide bonds. The van der Waals surface area contributed by atoms with Crippen molar-refractivity contribution in [1.29, 1.82) is 0 Å². The Bertz CT molecular complexity index is 447. The van der Waals surface area contributed by atoms with E-state index in [9.17, 15) is 4.79 Å². The standard InChI is InChI=1S/C14H16O4/c1-8(15)18-12-5-2-9-10-3-4-11(13(9)12)14(10)16-6-7-17-14/h2-5,9-13H,6-7H2,1H3/t9-,10-,11-,12-,13+/m1/s1. The monoisotopic (exact) mass is 248 g/mol. The van der Waals surface area contributed by atoms with Crippen molar-refractivity contribution in [3.8, 4) is 0 Å². The predicted octanol–water partition coefficient (Wildman–Crippen LogP) is 1.28.